The maximum absolute atomic E-state index is 12.0. The maximum atomic E-state index is 12.0. The maximum Gasteiger partial charge on any atom is 0.238 e. The van der Waals surface area contributed by atoms with Gasteiger partial charge in [0.1, 0.15) is 5.50 Å². The van der Waals surface area contributed by atoms with Crippen molar-refractivity contribution in [2.24, 2.45) is 5.92 Å². The molecule has 1 aliphatic heterocycles. The monoisotopic (exact) mass is 258 g/mol. The second kappa shape index (κ2) is 4.78. The zero-order valence-electron chi connectivity index (χ0n) is 10.7. The first-order chi connectivity index (χ1) is 7.91. The summed E-state index contributed by atoms with van der Waals surface area (Å²) < 4.78 is -0.338. The minimum atomic E-state index is -0.338. The number of carbonyl (C=O) groups is 1. The van der Waals surface area contributed by atoms with Crippen LogP contribution in [0.1, 0.15) is 40.0 Å². The molecule has 2 rings (SSSR count). The first-order valence-electron chi connectivity index (χ1n) is 6.34. The summed E-state index contributed by atoms with van der Waals surface area (Å²) in [4.78, 5) is 12.0. The van der Waals surface area contributed by atoms with Crippen molar-refractivity contribution in [2.75, 3.05) is 0 Å². The molecule has 0 aromatic heterocycles. The highest BCUT2D eigenvalue weighted by Crippen LogP contribution is 2.40. The Labute approximate surface area is 107 Å². The molecule has 1 heterocycles. The molecule has 1 saturated heterocycles. The number of amides is 1. The van der Waals surface area contributed by atoms with Crippen LogP contribution < -0.4 is 10.6 Å². The van der Waals surface area contributed by atoms with E-state index in [-0.39, 0.29) is 22.3 Å². The smallest absolute Gasteiger partial charge is 0.238 e. The largest absolute Gasteiger partial charge is 0.393 e. The Morgan fingerprint density at radius 1 is 1.53 bits per heavy atom. The number of thioether (sulfide) groups is 1. The molecule has 5 heteroatoms. The molecular weight excluding hydrogens is 236 g/mol. The quantitative estimate of drug-likeness (QED) is 0.708. The Bertz CT molecular complexity index is 311. The lowest BCUT2D eigenvalue weighted by Crippen LogP contribution is -2.43. The van der Waals surface area contributed by atoms with Crippen LogP contribution in [-0.2, 0) is 4.79 Å². The Hall–Kier alpha value is -0.260. The Kier molecular flexibility index (Phi) is 3.71. The average molecular weight is 258 g/mol. The molecule has 0 bridgehead atoms. The molecular formula is C12H22N2O2S. The molecule has 1 amide bonds. The fraction of sp³-hybridized carbons (Fsp3) is 0.917. The van der Waals surface area contributed by atoms with Crippen LogP contribution in [0.5, 0.6) is 0 Å². The molecule has 0 aromatic carbocycles. The van der Waals surface area contributed by atoms with Gasteiger partial charge in [0.2, 0.25) is 5.91 Å². The summed E-state index contributed by atoms with van der Waals surface area (Å²) in [6.07, 6.45) is 2.48. The van der Waals surface area contributed by atoms with Crippen molar-refractivity contribution in [3.63, 3.8) is 0 Å². The Balaban J connectivity index is 1.91. The molecule has 1 unspecified atom stereocenters. The zero-order valence-corrected chi connectivity index (χ0v) is 11.5. The van der Waals surface area contributed by atoms with Gasteiger partial charge in [-0.15, -0.1) is 11.8 Å². The van der Waals surface area contributed by atoms with Crippen LogP contribution in [0, 0.1) is 5.92 Å². The van der Waals surface area contributed by atoms with Crippen LogP contribution in [0.25, 0.3) is 0 Å². The topological polar surface area (TPSA) is 61.4 Å². The molecule has 2 fully saturated rings. The van der Waals surface area contributed by atoms with Crippen LogP contribution in [-0.4, -0.2) is 33.4 Å². The van der Waals surface area contributed by atoms with Crippen molar-refractivity contribution in [3.8, 4) is 0 Å². The fourth-order valence-corrected chi connectivity index (χ4v) is 3.74. The van der Waals surface area contributed by atoms with Crippen molar-refractivity contribution in [2.45, 2.75) is 62.4 Å². The molecule has 0 radical (unpaired) electrons. The minimum Gasteiger partial charge on any atom is -0.393 e. The first-order valence-corrected chi connectivity index (χ1v) is 7.22. The summed E-state index contributed by atoms with van der Waals surface area (Å²) in [6.45, 7) is 6.16. The van der Waals surface area contributed by atoms with Crippen molar-refractivity contribution in [1.29, 1.82) is 0 Å². The van der Waals surface area contributed by atoms with Crippen molar-refractivity contribution in [1.82, 2.24) is 10.6 Å². The summed E-state index contributed by atoms with van der Waals surface area (Å²) in [7, 11) is 0. The average Bonchev–Trinajstić information content (AvgIpc) is 2.74. The van der Waals surface area contributed by atoms with Gasteiger partial charge in [-0.05, 0) is 32.1 Å². The lowest BCUT2D eigenvalue weighted by molar-refractivity contribution is -0.123. The second-order valence-electron chi connectivity index (χ2n) is 5.56. The van der Waals surface area contributed by atoms with E-state index in [2.05, 4.69) is 24.5 Å². The Morgan fingerprint density at radius 3 is 2.71 bits per heavy atom. The van der Waals surface area contributed by atoms with E-state index in [1.54, 1.807) is 11.8 Å². The van der Waals surface area contributed by atoms with Crippen LogP contribution >= 0.6 is 11.8 Å². The molecule has 4 nitrogen and oxygen atoms in total. The SMILES string of the molecule is CC(C)[C@@]1(C)SC(N[C@@H]2CC[C@@H](O)C2)NC1=O. The van der Waals surface area contributed by atoms with Crippen LogP contribution in [0.3, 0.4) is 0 Å². The molecule has 17 heavy (non-hydrogen) atoms. The van der Waals surface area contributed by atoms with Crippen LogP contribution in [0.15, 0.2) is 0 Å². The predicted molar refractivity (Wildman–Crippen MR) is 69.5 cm³/mol. The van der Waals surface area contributed by atoms with Crippen molar-refractivity contribution < 1.29 is 9.90 Å². The summed E-state index contributed by atoms with van der Waals surface area (Å²) in [5.74, 6) is 0.432. The van der Waals surface area contributed by atoms with Gasteiger partial charge in [-0.3, -0.25) is 10.1 Å². The van der Waals surface area contributed by atoms with Crippen LogP contribution in [0.2, 0.25) is 0 Å². The lowest BCUT2D eigenvalue weighted by Gasteiger charge is -2.25. The standard InChI is InChI=1S/C12H22N2O2S/c1-7(2)12(3)10(16)14-11(17-12)13-8-4-5-9(15)6-8/h7-9,11,13,15H,4-6H2,1-3H3,(H,14,16)/t8-,9-,11?,12-/m1/s1. The number of carbonyl (C=O) groups excluding carboxylic acids is 1. The molecule has 0 aromatic rings. The molecule has 3 N–H and O–H groups in total. The fourth-order valence-electron chi connectivity index (χ4n) is 2.39. The number of aliphatic hydroxyl groups excluding tert-OH is 1. The molecule has 4 atom stereocenters. The van der Waals surface area contributed by atoms with Gasteiger partial charge in [-0.2, -0.15) is 0 Å². The van der Waals surface area contributed by atoms with E-state index in [9.17, 15) is 9.90 Å². The van der Waals surface area contributed by atoms with Gasteiger partial charge in [0.25, 0.3) is 0 Å². The molecule has 0 spiro atoms. The van der Waals surface area contributed by atoms with Gasteiger partial charge in [-0.25, -0.2) is 0 Å². The van der Waals surface area contributed by atoms with Crippen molar-refractivity contribution >= 4 is 17.7 Å². The zero-order chi connectivity index (χ0) is 12.6. The third kappa shape index (κ3) is 2.61. The normalized spacial score (nSPS) is 42.2. The molecule has 1 saturated carbocycles. The van der Waals surface area contributed by atoms with E-state index in [1.165, 1.54) is 0 Å². The second-order valence-corrected chi connectivity index (χ2v) is 7.12. The van der Waals surface area contributed by atoms with Gasteiger partial charge < -0.3 is 10.4 Å². The summed E-state index contributed by atoms with van der Waals surface area (Å²) in [5, 5.41) is 15.9. The van der Waals surface area contributed by atoms with Gasteiger partial charge in [0.05, 0.1) is 10.9 Å². The highest BCUT2D eigenvalue weighted by Gasteiger charge is 2.46. The lowest BCUT2D eigenvalue weighted by atomic mass is 9.96. The third-order valence-corrected chi connectivity index (χ3v) is 5.61. The van der Waals surface area contributed by atoms with Gasteiger partial charge in [-0.1, -0.05) is 13.8 Å². The minimum absolute atomic E-state index is 0.00907. The number of aliphatic hydroxyl groups is 1. The number of hydrogen-bond acceptors (Lipinski definition) is 4. The molecule has 1 aliphatic carbocycles. The van der Waals surface area contributed by atoms with E-state index in [0.717, 1.165) is 19.3 Å². The van der Waals surface area contributed by atoms with Crippen LogP contribution in [0.4, 0.5) is 0 Å². The number of rotatable bonds is 3. The van der Waals surface area contributed by atoms with Gasteiger partial charge in [0.15, 0.2) is 0 Å². The van der Waals surface area contributed by atoms with E-state index >= 15 is 0 Å². The van der Waals surface area contributed by atoms with Gasteiger partial charge >= 0.3 is 0 Å². The van der Waals surface area contributed by atoms with Gasteiger partial charge in [0, 0.05) is 6.04 Å². The predicted octanol–water partition coefficient (Wildman–Crippen LogP) is 1.05. The summed E-state index contributed by atoms with van der Waals surface area (Å²) >= 11 is 1.66. The van der Waals surface area contributed by atoms with E-state index in [0.29, 0.717) is 12.0 Å². The number of hydrogen-bond donors (Lipinski definition) is 3. The summed E-state index contributed by atoms with van der Waals surface area (Å²) in [6, 6.07) is 0.331. The Morgan fingerprint density at radius 2 is 2.24 bits per heavy atom. The highest BCUT2D eigenvalue weighted by molar-refractivity contribution is 8.02. The van der Waals surface area contributed by atoms with E-state index < -0.39 is 0 Å². The first kappa shape index (κ1) is 13.2. The molecule has 98 valence electrons. The third-order valence-electron chi connectivity index (χ3n) is 3.97. The summed E-state index contributed by atoms with van der Waals surface area (Å²) in [5.41, 5.74) is -0.00907. The molecule has 2 aliphatic rings. The van der Waals surface area contributed by atoms with Crippen molar-refractivity contribution in [3.05, 3.63) is 0 Å². The number of nitrogens with one attached hydrogen (secondary N) is 2. The van der Waals surface area contributed by atoms with E-state index in [1.807, 2.05) is 6.92 Å². The van der Waals surface area contributed by atoms with E-state index in [4.69, 9.17) is 0 Å². The highest BCUT2D eigenvalue weighted by atomic mass is 32.2.